The molecular formula is C18H18N2O3. The fourth-order valence-corrected chi connectivity index (χ4v) is 3.84. The molecule has 0 radical (unpaired) electrons. The van der Waals surface area contributed by atoms with Crippen molar-refractivity contribution in [1.82, 2.24) is 0 Å². The van der Waals surface area contributed by atoms with Crippen molar-refractivity contribution in [3.8, 4) is 0 Å². The highest BCUT2D eigenvalue weighted by Crippen LogP contribution is 2.43. The van der Waals surface area contributed by atoms with Crippen LogP contribution < -0.4 is 4.90 Å². The molecule has 1 aliphatic heterocycles. The van der Waals surface area contributed by atoms with E-state index in [1.165, 1.54) is 11.1 Å². The fraction of sp³-hybridized carbons (Fsp3) is 0.333. The van der Waals surface area contributed by atoms with Crippen molar-refractivity contribution >= 4 is 11.4 Å². The highest BCUT2D eigenvalue weighted by molar-refractivity contribution is 5.63. The highest BCUT2D eigenvalue weighted by Gasteiger charge is 2.44. The lowest BCUT2D eigenvalue weighted by atomic mass is 9.93. The fourth-order valence-electron chi connectivity index (χ4n) is 3.84. The first-order valence-corrected chi connectivity index (χ1v) is 7.90. The Balaban J connectivity index is 1.71. The van der Waals surface area contributed by atoms with Gasteiger partial charge in [-0.25, -0.2) is 0 Å². The minimum atomic E-state index is -0.335. The van der Waals surface area contributed by atoms with Crippen molar-refractivity contribution in [1.29, 1.82) is 0 Å². The third-order valence-electron chi connectivity index (χ3n) is 4.91. The van der Waals surface area contributed by atoms with E-state index < -0.39 is 0 Å². The van der Waals surface area contributed by atoms with Crippen molar-refractivity contribution in [2.24, 2.45) is 0 Å². The summed E-state index contributed by atoms with van der Waals surface area (Å²) >= 11 is 0. The lowest BCUT2D eigenvalue weighted by Crippen LogP contribution is -2.49. The van der Waals surface area contributed by atoms with Gasteiger partial charge in [-0.15, -0.1) is 0 Å². The Bertz CT molecular complexity index is 757. The van der Waals surface area contributed by atoms with Gasteiger partial charge in [0.1, 0.15) is 11.3 Å². The molecule has 23 heavy (non-hydrogen) atoms. The van der Waals surface area contributed by atoms with Crippen molar-refractivity contribution in [3.05, 3.63) is 69.8 Å². The first-order valence-electron chi connectivity index (χ1n) is 7.90. The minimum Gasteiger partial charge on any atom is -0.367 e. The number of benzene rings is 2. The maximum absolute atomic E-state index is 11.3. The quantitative estimate of drug-likeness (QED) is 0.631. The Labute approximate surface area is 134 Å². The van der Waals surface area contributed by atoms with E-state index in [1.807, 2.05) is 18.2 Å². The summed E-state index contributed by atoms with van der Waals surface area (Å²) in [6, 6.07) is 15.3. The zero-order chi connectivity index (χ0) is 15.9. The molecule has 2 aliphatic rings. The number of nitro benzene ring substituents is 1. The van der Waals surface area contributed by atoms with Gasteiger partial charge in [0, 0.05) is 12.6 Å². The van der Waals surface area contributed by atoms with Crippen LogP contribution in [0.4, 0.5) is 11.4 Å². The number of hydrogen-bond donors (Lipinski definition) is 0. The SMILES string of the molecule is O=[N+]([O-])c1ccccc1N1CCOC2(CCc3ccccc32)C1. The molecule has 5 heteroatoms. The van der Waals surface area contributed by atoms with E-state index in [9.17, 15) is 10.1 Å². The maximum atomic E-state index is 11.3. The zero-order valence-corrected chi connectivity index (χ0v) is 12.8. The molecular weight excluding hydrogens is 292 g/mol. The van der Waals surface area contributed by atoms with Gasteiger partial charge >= 0.3 is 0 Å². The molecule has 1 saturated heterocycles. The zero-order valence-electron chi connectivity index (χ0n) is 12.8. The Morgan fingerprint density at radius 1 is 1.13 bits per heavy atom. The molecule has 0 saturated carbocycles. The molecule has 2 aromatic rings. The molecule has 4 rings (SSSR count). The number of nitrogens with zero attached hydrogens (tertiary/aromatic N) is 2. The Morgan fingerprint density at radius 2 is 1.91 bits per heavy atom. The third kappa shape index (κ3) is 2.28. The minimum absolute atomic E-state index is 0.163. The molecule has 0 N–H and O–H groups in total. The summed E-state index contributed by atoms with van der Waals surface area (Å²) < 4.78 is 6.19. The summed E-state index contributed by atoms with van der Waals surface area (Å²) in [5, 5.41) is 11.3. The smallest absolute Gasteiger partial charge is 0.292 e. The van der Waals surface area contributed by atoms with Crippen molar-refractivity contribution in [2.75, 3.05) is 24.6 Å². The molecule has 118 valence electrons. The molecule has 0 aromatic heterocycles. The van der Waals surface area contributed by atoms with E-state index in [4.69, 9.17) is 4.74 Å². The van der Waals surface area contributed by atoms with Crippen LogP contribution in [0.2, 0.25) is 0 Å². The predicted molar refractivity (Wildman–Crippen MR) is 87.7 cm³/mol. The summed E-state index contributed by atoms with van der Waals surface area (Å²) in [5.41, 5.74) is 3.08. The summed E-state index contributed by atoms with van der Waals surface area (Å²) in [6.07, 6.45) is 1.93. The van der Waals surface area contributed by atoms with Gasteiger partial charge in [0.15, 0.2) is 0 Å². The van der Waals surface area contributed by atoms with Gasteiger partial charge in [-0.05, 0) is 30.0 Å². The van der Waals surface area contributed by atoms with Crippen molar-refractivity contribution in [2.45, 2.75) is 18.4 Å². The first kappa shape index (κ1) is 14.2. The van der Waals surface area contributed by atoms with Crippen molar-refractivity contribution in [3.63, 3.8) is 0 Å². The van der Waals surface area contributed by atoms with Crippen LogP contribution in [-0.4, -0.2) is 24.6 Å². The molecule has 1 atom stereocenters. The average molecular weight is 310 g/mol. The molecule has 0 bridgehead atoms. The van der Waals surface area contributed by atoms with Crippen LogP contribution in [0.1, 0.15) is 17.5 Å². The lowest BCUT2D eigenvalue weighted by Gasteiger charge is -2.42. The molecule has 1 unspecified atom stereocenters. The lowest BCUT2D eigenvalue weighted by molar-refractivity contribution is -0.384. The number of hydrogen-bond acceptors (Lipinski definition) is 4. The Kier molecular flexibility index (Phi) is 3.31. The largest absolute Gasteiger partial charge is 0.367 e. The van der Waals surface area contributed by atoms with Crippen molar-refractivity contribution < 1.29 is 9.66 Å². The molecule has 1 heterocycles. The van der Waals surface area contributed by atoms with Crippen LogP contribution in [0.3, 0.4) is 0 Å². The van der Waals surface area contributed by atoms with Gasteiger partial charge in [-0.1, -0.05) is 36.4 Å². The summed E-state index contributed by atoms with van der Waals surface area (Å²) in [6.45, 7) is 1.92. The Morgan fingerprint density at radius 3 is 2.78 bits per heavy atom. The van der Waals surface area contributed by atoms with Gasteiger partial charge < -0.3 is 9.64 Å². The summed E-state index contributed by atoms with van der Waals surface area (Å²) in [7, 11) is 0. The number of morpholine rings is 1. The topological polar surface area (TPSA) is 55.6 Å². The monoisotopic (exact) mass is 310 g/mol. The van der Waals surface area contributed by atoms with Crippen LogP contribution in [0.25, 0.3) is 0 Å². The van der Waals surface area contributed by atoms with E-state index in [0.717, 1.165) is 12.8 Å². The van der Waals surface area contributed by atoms with E-state index >= 15 is 0 Å². The molecule has 5 nitrogen and oxygen atoms in total. The molecule has 1 spiro atoms. The average Bonchev–Trinajstić information content (AvgIpc) is 2.93. The predicted octanol–water partition coefficient (Wildman–Crippen LogP) is 3.27. The van der Waals surface area contributed by atoms with Gasteiger partial charge in [0.25, 0.3) is 5.69 Å². The Hall–Kier alpha value is -2.40. The maximum Gasteiger partial charge on any atom is 0.292 e. The second kappa shape index (κ2) is 5.35. The van der Waals surface area contributed by atoms with Crippen LogP contribution in [0, 0.1) is 10.1 Å². The third-order valence-corrected chi connectivity index (χ3v) is 4.91. The first-order chi connectivity index (χ1) is 11.2. The van der Waals surface area contributed by atoms with Gasteiger partial charge in [0.2, 0.25) is 0 Å². The number of aryl methyl sites for hydroxylation is 1. The normalized spacial score (nSPS) is 23.0. The molecule has 0 amide bonds. The number of para-hydroxylation sites is 2. The van der Waals surface area contributed by atoms with Gasteiger partial charge in [-0.2, -0.15) is 0 Å². The van der Waals surface area contributed by atoms with Crippen LogP contribution in [-0.2, 0) is 16.8 Å². The van der Waals surface area contributed by atoms with Gasteiger partial charge in [-0.3, -0.25) is 10.1 Å². The van der Waals surface area contributed by atoms with Gasteiger partial charge in [0.05, 0.1) is 18.1 Å². The molecule has 1 fully saturated rings. The van der Waals surface area contributed by atoms with E-state index in [0.29, 0.717) is 25.4 Å². The molecule has 1 aliphatic carbocycles. The number of rotatable bonds is 2. The van der Waals surface area contributed by atoms with E-state index in [1.54, 1.807) is 12.1 Å². The van der Waals surface area contributed by atoms with Crippen LogP contribution in [0.5, 0.6) is 0 Å². The standard InChI is InChI=1S/C18H18N2O3/c21-20(22)17-8-4-3-7-16(17)19-11-12-23-18(13-19)10-9-14-5-1-2-6-15(14)18/h1-8H,9-13H2. The highest BCUT2D eigenvalue weighted by atomic mass is 16.6. The summed E-state index contributed by atoms with van der Waals surface area (Å²) in [5.74, 6) is 0. The second-order valence-corrected chi connectivity index (χ2v) is 6.17. The number of nitro groups is 1. The van der Waals surface area contributed by atoms with Crippen LogP contribution >= 0.6 is 0 Å². The second-order valence-electron chi connectivity index (χ2n) is 6.17. The molecule has 2 aromatic carbocycles. The number of anilines is 1. The van der Waals surface area contributed by atoms with Crippen LogP contribution in [0.15, 0.2) is 48.5 Å². The number of ether oxygens (including phenoxy) is 1. The van der Waals surface area contributed by atoms with E-state index in [-0.39, 0.29) is 16.2 Å². The summed E-state index contributed by atoms with van der Waals surface area (Å²) in [4.78, 5) is 13.1. The number of fused-ring (bicyclic) bond motifs is 2. The van der Waals surface area contributed by atoms with E-state index in [2.05, 4.69) is 23.1 Å².